The van der Waals surface area contributed by atoms with Crippen molar-refractivity contribution in [1.82, 2.24) is 14.1 Å². The Labute approximate surface area is 188 Å². The van der Waals surface area contributed by atoms with E-state index in [1.54, 1.807) is 17.0 Å². The van der Waals surface area contributed by atoms with Crippen molar-refractivity contribution in [3.63, 3.8) is 0 Å². The van der Waals surface area contributed by atoms with E-state index < -0.39 is 15.3 Å². The number of anilines is 1. The van der Waals surface area contributed by atoms with Gasteiger partial charge in [-0.1, -0.05) is 19.8 Å². The smallest absolute Gasteiger partial charge is 0.247 e. The Morgan fingerprint density at radius 2 is 1.74 bits per heavy atom. The van der Waals surface area contributed by atoms with Crippen molar-refractivity contribution >= 4 is 39.3 Å². The van der Waals surface area contributed by atoms with Gasteiger partial charge >= 0.3 is 0 Å². The van der Waals surface area contributed by atoms with Crippen molar-refractivity contribution in [1.29, 1.82) is 0 Å². The van der Waals surface area contributed by atoms with Crippen LogP contribution in [-0.2, 0) is 19.6 Å². The fourth-order valence-corrected chi connectivity index (χ4v) is 6.81. The van der Waals surface area contributed by atoms with E-state index in [9.17, 15) is 18.0 Å². The molecule has 2 fully saturated rings. The summed E-state index contributed by atoms with van der Waals surface area (Å²) in [6, 6.07) is 4.81. The molecule has 1 aromatic carbocycles. The second-order valence-electron chi connectivity index (χ2n) is 8.22. The SMILES string of the molecule is CCN1CCN(S(=O)(=O)c2ccc3c(c2)NC(=O)[C@H](C(=O)N2CCCCCC2)S3)CC1. The van der Waals surface area contributed by atoms with Gasteiger partial charge in [0.25, 0.3) is 0 Å². The molecule has 1 N–H and O–H groups in total. The third kappa shape index (κ3) is 4.76. The van der Waals surface area contributed by atoms with Crippen LogP contribution in [-0.4, -0.2) is 85.4 Å². The van der Waals surface area contributed by atoms with Crippen LogP contribution in [0.15, 0.2) is 28.0 Å². The number of nitrogens with one attached hydrogen (secondary N) is 1. The monoisotopic (exact) mass is 466 g/mol. The van der Waals surface area contributed by atoms with Gasteiger partial charge < -0.3 is 15.1 Å². The Hall–Kier alpha value is -1.62. The summed E-state index contributed by atoms with van der Waals surface area (Å²) in [7, 11) is -3.62. The van der Waals surface area contributed by atoms with Crippen LogP contribution in [0.5, 0.6) is 0 Å². The number of piperazine rings is 1. The number of nitrogens with zero attached hydrogens (tertiary/aromatic N) is 3. The predicted molar refractivity (Wildman–Crippen MR) is 121 cm³/mol. The number of sulfonamides is 1. The third-order valence-electron chi connectivity index (χ3n) is 6.25. The van der Waals surface area contributed by atoms with Crippen LogP contribution < -0.4 is 5.32 Å². The lowest BCUT2D eigenvalue weighted by Crippen LogP contribution is -2.48. The third-order valence-corrected chi connectivity index (χ3v) is 9.41. The molecular weight excluding hydrogens is 436 g/mol. The van der Waals surface area contributed by atoms with Crippen molar-refractivity contribution in [3.05, 3.63) is 18.2 Å². The van der Waals surface area contributed by atoms with Gasteiger partial charge in [0.15, 0.2) is 5.25 Å². The van der Waals surface area contributed by atoms with E-state index in [-0.39, 0.29) is 16.7 Å². The Morgan fingerprint density at radius 1 is 1.06 bits per heavy atom. The molecule has 0 aromatic heterocycles. The quantitative estimate of drug-likeness (QED) is 0.681. The van der Waals surface area contributed by atoms with Gasteiger partial charge in [-0.05, 0) is 37.6 Å². The molecule has 31 heavy (non-hydrogen) atoms. The first kappa shape index (κ1) is 22.6. The number of fused-ring (bicyclic) bond motifs is 1. The first-order valence-electron chi connectivity index (χ1n) is 11.0. The highest BCUT2D eigenvalue weighted by Crippen LogP contribution is 2.38. The average molecular weight is 467 g/mol. The Balaban J connectivity index is 1.49. The normalized spacial score (nSPS) is 23.7. The molecule has 2 saturated heterocycles. The zero-order chi connectivity index (χ0) is 22.0. The predicted octanol–water partition coefficient (Wildman–Crippen LogP) is 1.83. The summed E-state index contributed by atoms with van der Waals surface area (Å²) in [5, 5.41) is 1.95. The highest BCUT2D eigenvalue weighted by atomic mass is 32.2. The zero-order valence-corrected chi connectivity index (χ0v) is 19.5. The van der Waals surface area contributed by atoms with E-state index >= 15 is 0 Å². The Bertz CT molecular complexity index is 937. The topological polar surface area (TPSA) is 90.0 Å². The number of thioether (sulfide) groups is 1. The molecule has 3 aliphatic heterocycles. The van der Waals surface area contributed by atoms with Crippen molar-refractivity contribution in [2.75, 3.05) is 51.1 Å². The summed E-state index contributed by atoms with van der Waals surface area (Å²) in [6.45, 7) is 6.71. The van der Waals surface area contributed by atoms with Gasteiger partial charge in [0.1, 0.15) is 0 Å². The summed E-state index contributed by atoms with van der Waals surface area (Å²) < 4.78 is 27.7. The number of carbonyl (C=O) groups is 2. The lowest BCUT2D eigenvalue weighted by molar-refractivity contribution is -0.133. The molecule has 170 valence electrons. The molecule has 1 atom stereocenters. The van der Waals surface area contributed by atoms with Gasteiger partial charge in [0.05, 0.1) is 10.6 Å². The molecule has 0 bridgehead atoms. The molecule has 3 aliphatic rings. The van der Waals surface area contributed by atoms with E-state index in [1.807, 2.05) is 0 Å². The largest absolute Gasteiger partial charge is 0.341 e. The van der Waals surface area contributed by atoms with Gasteiger partial charge in [-0.25, -0.2) is 8.42 Å². The first-order valence-corrected chi connectivity index (χ1v) is 13.3. The van der Waals surface area contributed by atoms with Crippen molar-refractivity contribution in [3.8, 4) is 0 Å². The molecule has 8 nitrogen and oxygen atoms in total. The fraction of sp³-hybridized carbons (Fsp3) is 0.619. The van der Waals surface area contributed by atoms with Crippen LogP contribution in [0.2, 0.25) is 0 Å². The molecule has 3 heterocycles. The van der Waals surface area contributed by atoms with E-state index in [4.69, 9.17) is 0 Å². The molecule has 2 amide bonds. The molecule has 0 saturated carbocycles. The molecule has 0 unspecified atom stereocenters. The fourth-order valence-electron chi connectivity index (χ4n) is 4.30. The van der Waals surface area contributed by atoms with Crippen LogP contribution in [0, 0.1) is 0 Å². The maximum Gasteiger partial charge on any atom is 0.247 e. The lowest BCUT2D eigenvalue weighted by atomic mass is 10.2. The molecule has 10 heteroatoms. The highest BCUT2D eigenvalue weighted by molar-refractivity contribution is 8.01. The van der Waals surface area contributed by atoms with Gasteiger partial charge in [0, 0.05) is 44.2 Å². The summed E-state index contributed by atoms with van der Waals surface area (Å²) in [4.78, 5) is 30.6. The van der Waals surface area contributed by atoms with Gasteiger partial charge in [-0.2, -0.15) is 4.31 Å². The molecule has 0 spiro atoms. The molecular formula is C21H30N4O4S2. The maximum atomic E-state index is 13.1. The summed E-state index contributed by atoms with van der Waals surface area (Å²) in [6.07, 6.45) is 4.16. The number of rotatable bonds is 4. The number of likely N-dealkylation sites (N-methyl/N-ethyl adjacent to an activating group) is 1. The van der Waals surface area contributed by atoms with Gasteiger partial charge in [0.2, 0.25) is 21.8 Å². The second kappa shape index (κ2) is 9.48. The van der Waals surface area contributed by atoms with Crippen LogP contribution in [0.3, 0.4) is 0 Å². The summed E-state index contributed by atoms with van der Waals surface area (Å²) in [5.41, 5.74) is 0.461. The number of amides is 2. The number of carbonyl (C=O) groups excluding carboxylic acids is 2. The maximum absolute atomic E-state index is 13.1. The van der Waals surface area contributed by atoms with Crippen LogP contribution in [0.4, 0.5) is 5.69 Å². The van der Waals surface area contributed by atoms with Gasteiger partial charge in [-0.15, -0.1) is 11.8 Å². The van der Waals surface area contributed by atoms with Crippen LogP contribution in [0.1, 0.15) is 32.6 Å². The minimum Gasteiger partial charge on any atom is -0.341 e. The summed E-state index contributed by atoms with van der Waals surface area (Å²) in [5.74, 6) is -0.529. The number of hydrogen-bond acceptors (Lipinski definition) is 6. The summed E-state index contributed by atoms with van der Waals surface area (Å²) >= 11 is 1.21. The van der Waals surface area contributed by atoms with Crippen molar-refractivity contribution < 1.29 is 18.0 Å². The zero-order valence-electron chi connectivity index (χ0n) is 17.9. The number of hydrogen-bond donors (Lipinski definition) is 1. The number of benzene rings is 1. The van der Waals surface area contributed by atoms with E-state index in [1.165, 1.54) is 22.1 Å². The lowest BCUT2D eigenvalue weighted by Gasteiger charge is -2.33. The minimum atomic E-state index is -3.62. The first-order chi connectivity index (χ1) is 14.9. The van der Waals surface area contributed by atoms with Crippen LogP contribution in [0.25, 0.3) is 0 Å². The van der Waals surface area contributed by atoms with E-state index in [0.717, 1.165) is 37.1 Å². The molecule has 4 rings (SSSR count). The Kier molecular flexibility index (Phi) is 6.90. The van der Waals surface area contributed by atoms with Crippen LogP contribution >= 0.6 is 11.8 Å². The number of likely N-dealkylation sites (tertiary alicyclic amines) is 1. The molecule has 1 aromatic rings. The minimum absolute atomic E-state index is 0.152. The van der Waals surface area contributed by atoms with Gasteiger partial charge in [-0.3, -0.25) is 9.59 Å². The highest BCUT2D eigenvalue weighted by Gasteiger charge is 2.37. The van der Waals surface area contributed by atoms with E-state index in [0.29, 0.717) is 45.0 Å². The second-order valence-corrected chi connectivity index (χ2v) is 11.3. The van der Waals surface area contributed by atoms with E-state index in [2.05, 4.69) is 17.1 Å². The Morgan fingerprint density at radius 3 is 2.39 bits per heavy atom. The molecule has 0 radical (unpaired) electrons. The standard InChI is InChI=1S/C21H30N4O4S2/c1-2-23-11-13-25(14-12-23)31(28,29)16-7-8-18-17(15-16)22-20(26)19(30-18)21(27)24-9-5-3-4-6-10-24/h7-8,15,19H,2-6,9-14H2,1H3,(H,22,26)/t19-/m1/s1. The van der Waals surface area contributed by atoms with Crippen molar-refractivity contribution in [2.45, 2.75) is 47.6 Å². The molecule has 0 aliphatic carbocycles. The average Bonchev–Trinajstić information content (AvgIpc) is 3.07. The van der Waals surface area contributed by atoms with Crippen molar-refractivity contribution in [2.24, 2.45) is 0 Å².